The first-order chi connectivity index (χ1) is 18.9. The second kappa shape index (κ2) is 24.1. The molecule has 1 aromatic carbocycles. The highest BCUT2D eigenvalue weighted by atomic mass is 16.6. The number of ether oxygens (including phenoxy) is 7. The van der Waals surface area contributed by atoms with E-state index in [1.165, 1.54) is 44.1 Å². The second-order valence-corrected chi connectivity index (χ2v) is 10.4. The van der Waals surface area contributed by atoms with Crippen LogP contribution < -0.4 is 4.74 Å². The molecule has 0 spiro atoms. The lowest BCUT2D eigenvalue weighted by Gasteiger charge is -2.19. The Hall–Kier alpha value is -1.71. The fourth-order valence-corrected chi connectivity index (χ4v) is 3.61. The van der Waals surface area contributed by atoms with E-state index in [-0.39, 0.29) is 12.4 Å². The van der Waals surface area contributed by atoms with Crippen LogP contribution in [0.1, 0.15) is 78.2 Å². The third-order valence-electron chi connectivity index (χ3n) is 5.60. The van der Waals surface area contributed by atoms with Crippen molar-refractivity contribution in [3.05, 3.63) is 29.8 Å². The number of rotatable bonds is 26. The van der Waals surface area contributed by atoms with Gasteiger partial charge in [0.2, 0.25) is 0 Å². The SMILES string of the molecule is CCCCCCCCc1ccc(OCCOCCOCCOCCOCCOCCC(=O)OC(C)(C)C)cc1. The first kappa shape index (κ1) is 35.3. The standard InChI is InChI=1S/C31H54O8/c1-5-6-7-8-9-10-11-28-12-14-29(15-13-28)38-27-26-37-25-24-36-23-22-35-21-20-34-19-18-33-17-16-30(32)39-31(2,3)4/h12-15H,5-11,16-27H2,1-4H3. The van der Waals surface area contributed by atoms with E-state index in [0.29, 0.717) is 72.7 Å². The molecule has 0 aliphatic heterocycles. The van der Waals surface area contributed by atoms with Gasteiger partial charge in [0.25, 0.3) is 0 Å². The van der Waals surface area contributed by atoms with Crippen LogP contribution in [0, 0.1) is 0 Å². The summed E-state index contributed by atoms with van der Waals surface area (Å²) in [5, 5.41) is 0. The number of hydrogen-bond acceptors (Lipinski definition) is 8. The molecule has 0 saturated carbocycles. The Kier molecular flexibility index (Phi) is 21.8. The average molecular weight is 555 g/mol. The van der Waals surface area contributed by atoms with Gasteiger partial charge in [0.15, 0.2) is 0 Å². The molecule has 8 nitrogen and oxygen atoms in total. The largest absolute Gasteiger partial charge is 0.491 e. The summed E-state index contributed by atoms with van der Waals surface area (Å²) in [5.74, 6) is 0.628. The van der Waals surface area contributed by atoms with Crippen LogP contribution in [0.5, 0.6) is 5.75 Å². The molecule has 39 heavy (non-hydrogen) atoms. The van der Waals surface area contributed by atoms with Crippen LogP contribution in [0.3, 0.4) is 0 Å². The fraction of sp³-hybridized carbons (Fsp3) is 0.774. The monoisotopic (exact) mass is 554 g/mol. The van der Waals surface area contributed by atoms with Crippen LogP contribution in [0.15, 0.2) is 24.3 Å². The van der Waals surface area contributed by atoms with Gasteiger partial charge < -0.3 is 33.2 Å². The molecule has 0 saturated heterocycles. The molecule has 0 N–H and O–H groups in total. The van der Waals surface area contributed by atoms with Crippen molar-refractivity contribution in [2.75, 3.05) is 72.7 Å². The van der Waals surface area contributed by atoms with Crippen molar-refractivity contribution in [3.63, 3.8) is 0 Å². The predicted octanol–water partition coefficient (Wildman–Crippen LogP) is 5.78. The number of aryl methyl sites for hydroxylation is 1. The lowest BCUT2D eigenvalue weighted by molar-refractivity contribution is -0.156. The highest BCUT2D eigenvalue weighted by Crippen LogP contribution is 2.15. The van der Waals surface area contributed by atoms with Gasteiger partial charge in [0, 0.05) is 0 Å². The Morgan fingerprint density at radius 1 is 0.615 bits per heavy atom. The highest BCUT2D eigenvalue weighted by Gasteiger charge is 2.15. The summed E-state index contributed by atoms with van der Waals surface area (Å²) in [6.07, 6.45) is 9.33. The van der Waals surface area contributed by atoms with Gasteiger partial charge in [-0.3, -0.25) is 4.79 Å². The van der Waals surface area contributed by atoms with Gasteiger partial charge in [0.1, 0.15) is 18.0 Å². The maximum absolute atomic E-state index is 11.6. The van der Waals surface area contributed by atoms with E-state index in [0.717, 1.165) is 12.2 Å². The Labute approximate surface area is 237 Å². The molecule has 1 aromatic rings. The maximum Gasteiger partial charge on any atom is 0.308 e. The first-order valence-corrected chi connectivity index (χ1v) is 14.7. The summed E-state index contributed by atoms with van der Waals surface area (Å²) in [6, 6.07) is 8.42. The second-order valence-electron chi connectivity index (χ2n) is 10.4. The molecule has 0 fully saturated rings. The minimum atomic E-state index is -0.464. The molecule has 0 amide bonds. The van der Waals surface area contributed by atoms with Crippen molar-refractivity contribution >= 4 is 5.97 Å². The van der Waals surface area contributed by atoms with Crippen LogP contribution in [0.4, 0.5) is 0 Å². The summed E-state index contributed by atoms with van der Waals surface area (Å²) in [5.41, 5.74) is 0.913. The van der Waals surface area contributed by atoms with Crippen molar-refractivity contribution < 1.29 is 38.0 Å². The van der Waals surface area contributed by atoms with Crippen LogP contribution in [-0.2, 0) is 39.6 Å². The summed E-state index contributed by atoms with van der Waals surface area (Å²) < 4.78 is 38.3. The molecule has 0 unspecified atom stereocenters. The van der Waals surface area contributed by atoms with Gasteiger partial charge in [-0.1, -0.05) is 51.2 Å². The molecular weight excluding hydrogens is 500 g/mol. The maximum atomic E-state index is 11.6. The normalized spacial score (nSPS) is 11.6. The molecule has 0 bridgehead atoms. The lowest BCUT2D eigenvalue weighted by Crippen LogP contribution is -2.24. The highest BCUT2D eigenvalue weighted by molar-refractivity contribution is 5.69. The minimum absolute atomic E-state index is 0.243. The van der Waals surface area contributed by atoms with Crippen molar-refractivity contribution in [2.45, 2.75) is 84.7 Å². The van der Waals surface area contributed by atoms with Crippen LogP contribution in [0.2, 0.25) is 0 Å². The molecule has 0 aliphatic rings. The van der Waals surface area contributed by atoms with Crippen molar-refractivity contribution in [2.24, 2.45) is 0 Å². The smallest absolute Gasteiger partial charge is 0.308 e. The molecule has 0 aromatic heterocycles. The molecular formula is C31H54O8. The Morgan fingerprint density at radius 3 is 1.59 bits per heavy atom. The quantitative estimate of drug-likeness (QED) is 0.105. The zero-order chi connectivity index (χ0) is 28.4. The lowest BCUT2D eigenvalue weighted by atomic mass is 10.0. The van der Waals surface area contributed by atoms with E-state index in [9.17, 15) is 4.79 Å². The van der Waals surface area contributed by atoms with E-state index < -0.39 is 5.60 Å². The first-order valence-electron chi connectivity index (χ1n) is 14.7. The van der Waals surface area contributed by atoms with Crippen LogP contribution in [-0.4, -0.2) is 84.2 Å². The van der Waals surface area contributed by atoms with E-state index in [4.69, 9.17) is 33.2 Å². The van der Waals surface area contributed by atoms with E-state index in [1.807, 2.05) is 32.9 Å². The number of carbonyl (C=O) groups excluding carboxylic acids is 1. The topological polar surface area (TPSA) is 81.7 Å². The Balaban J connectivity index is 1.80. The van der Waals surface area contributed by atoms with Crippen LogP contribution in [0.25, 0.3) is 0 Å². The van der Waals surface area contributed by atoms with Gasteiger partial charge in [0.05, 0.1) is 72.5 Å². The fourth-order valence-electron chi connectivity index (χ4n) is 3.61. The van der Waals surface area contributed by atoms with Gasteiger partial charge >= 0.3 is 5.97 Å². The summed E-state index contributed by atoms with van der Waals surface area (Å²) in [7, 11) is 0. The number of carbonyl (C=O) groups is 1. The van der Waals surface area contributed by atoms with Gasteiger partial charge in [-0.2, -0.15) is 0 Å². The third-order valence-corrected chi connectivity index (χ3v) is 5.60. The molecule has 0 aliphatic carbocycles. The van der Waals surface area contributed by atoms with Gasteiger partial charge in [-0.25, -0.2) is 0 Å². The van der Waals surface area contributed by atoms with Crippen LogP contribution >= 0.6 is 0 Å². The summed E-state index contributed by atoms with van der Waals surface area (Å²) in [6.45, 7) is 13.1. The van der Waals surface area contributed by atoms with E-state index >= 15 is 0 Å². The number of hydrogen-bond donors (Lipinski definition) is 0. The molecule has 0 radical (unpaired) electrons. The Morgan fingerprint density at radius 2 is 1.08 bits per heavy atom. The predicted molar refractivity (Wildman–Crippen MR) is 154 cm³/mol. The molecule has 226 valence electrons. The Bertz CT molecular complexity index is 687. The molecule has 0 atom stereocenters. The summed E-state index contributed by atoms with van der Waals surface area (Å²) >= 11 is 0. The number of esters is 1. The number of benzene rings is 1. The van der Waals surface area contributed by atoms with E-state index in [1.54, 1.807) is 0 Å². The molecule has 1 rings (SSSR count). The summed E-state index contributed by atoms with van der Waals surface area (Å²) in [4.78, 5) is 11.6. The zero-order valence-electron chi connectivity index (χ0n) is 25.0. The van der Waals surface area contributed by atoms with Gasteiger partial charge in [-0.05, 0) is 51.3 Å². The average Bonchev–Trinajstić information content (AvgIpc) is 2.89. The van der Waals surface area contributed by atoms with Crippen molar-refractivity contribution in [1.29, 1.82) is 0 Å². The molecule has 8 heteroatoms. The van der Waals surface area contributed by atoms with E-state index in [2.05, 4.69) is 19.1 Å². The molecule has 0 heterocycles. The minimum Gasteiger partial charge on any atom is -0.491 e. The zero-order valence-corrected chi connectivity index (χ0v) is 25.0. The van der Waals surface area contributed by atoms with Crippen molar-refractivity contribution in [3.8, 4) is 5.75 Å². The third kappa shape index (κ3) is 23.9. The van der Waals surface area contributed by atoms with Crippen molar-refractivity contribution in [1.82, 2.24) is 0 Å². The number of unbranched alkanes of at least 4 members (excludes halogenated alkanes) is 5. The van der Waals surface area contributed by atoms with Gasteiger partial charge in [-0.15, -0.1) is 0 Å².